The number of ether oxygens (including phenoxy) is 1. The molecule has 5 heterocycles. The Bertz CT molecular complexity index is 1740. The molecule has 7 rings (SSSR count). The van der Waals surface area contributed by atoms with E-state index in [0.29, 0.717) is 77.4 Å². The maximum Gasteiger partial charge on any atom is 0.228 e. The monoisotopic (exact) mass is 713 g/mol. The van der Waals surface area contributed by atoms with Crippen molar-refractivity contribution in [2.75, 3.05) is 53.5 Å². The lowest BCUT2D eigenvalue weighted by Gasteiger charge is -2.56. The molecule has 0 bridgehead atoms. The fourth-order valence-electron chi connectivity index (χ4n) is 9.43. The van der Waals surface area contributed by atoms with Crippen molar-refractivity contribution in [3.05, 3.63) is 53.7 Å². The lowest BCUT2D eigenvalue weighted by atomic mass is 9.64. The number of aryl methyl sites for hydroxylation is 2. The van der Waals surface area contributed by atoms with E-state index in [1.165, 1.54) is 31.2 Å². The predicted octanol–water partition coefficient (Wildman–Crippen LogP) is 4.03. The summed E-state index contributed by atoms with van der Waals surface area (Å²) in [5.74, 6) is -0.501. The summed E-state index contributed by atoms with van der Waals surface area (Å²) in [6.07, 6.45) is 14.8. The van der Waals surface area contributed by atoms with E-state index in [9.17, 15) is 19.2 Å². The highest BCUT2D eigenvalue weighted by molar-refractivity contribution is 5.93. The molecule has 2 N–H and O–H groups in total. The Labute approximate surface area is 306 Å². The molecule has 2 aromatic heterocycles. The summed E-state index contributed by atoms with van der Waals surface area (Å²) in [6.45, 7) is 3.82. The average Bonchev–Trinajstić information content (AvgIpc) is 3.95. The summed E-state index contributed by atoms with van der Waals surface area (Å²) >= 11 is 0. The second-order valence-corrected chi connectivity index (χ2v) is 15.6. The van der Waals surface area contributed by atoms with Crippen LogP contribution in [0.5, 0.6) is 0 Å². The number of aromatic amines is 1. The van der Waals surface area contributed by atoms with Crippen LogP contribution >= 0.6 is 0 Å². The number of imidazole rings is 1. The third-order valence-electron chi connectivity index (χ3n) is 12.2. The second kappa shape index (κ2) is 15.8. The van der Waals surface area contributed by atoms with Gasteiger partial charge in [0.1, 0.15) is 0 Å². The van der Waals surface area contributed by atoms with Crippen LogP contribution in [0.4, 0.5) is 0 Å². The molecule has 280 valence electrons. The summed E-state index contributed by atoms with van der Waals surface area (Å²) < 4.78 is 7.63. The first-order valence-corrected chi connectivity index (χ1v) is 19.5. The number of nitrogens with zero attached hydrogens (tertiary/aromatic N) is 5. The number of hydrogen-bond acceptors (Lipinski definition) is 6. The Morgan fingerprint density at radius 1 is 1.12 bits per heavy atom. The largest absolute Gasteiger partial charge is 0.378 e. The van der Waals surface area contributed by atoms with Gasteiger partial charge in [0.15, 0.2) is 0 Å². The van der Waals surface area contributed by atoms with Gasteiger partial charge in [0.2, 0.25) is 23.6 Å². The Balaban J connectivity index is 1.22. The molecular formula is C40H55N7O5. The van der Waals surface area contributed by atoms with Crippen molar-refractivity contribution < 1.29 is 23.9 Å². The van der Waals surface area contributed by atoms with Crippen LogP contribution < -0.4 is 5.32 Å². The molecule has 4 aliphatic rings. The standard InChI is InChI=1S/C40H55N7O5/c1-44(2)36(49)11-9-29-8-10-31-32-13-18-47-38(50)30(26-35(48)42-15-5-17-45-19-16-41-27-45)25-33(39(51)46-20-22-52-23-21-46)40(47,37(32)43-34(31)24-29)14-12-28-6-3-4-7-28/h8,10,16,19,24,27-28,30,33,43H,3-7,9,11-15,17-18,20-23,25-26H2,1-2H3,(H,42,48)/t30-,33-,40+/m1/s1. The van der Waals surface area contributed by atoms with E-state index in [1.54, 1.807) is 31.5 Å². The average molecular weight is 714 g/mol. The van der Waals surface area contributed by atoms with Crippen LogP contribution in [-0.4, -0.2) is 106 Å². The molecule has 0 spiro atoms. The maximum absolute atomic E-state index is 14.9. The van der Waals surface area contributed by atoms with E-state index in [0.717, 1.165) is 41.5 Å². The van der Waals surface area contributed by atoms with Crippen molar-refractivity contribution >= 4 is 34.5 Å². The SMILES string of the molecule is CN(C)C(=O)CCc1ccc2c3c([nH]c2c1)[C@]1(CCC2CCCC2)[C@@H](C(=O)N2CCOCC2)C[C@H](CC(=O)NCCCn2ccnc2)C(=O)N1CC3. The number of fused-ring (bicyclic) bond motifs is 5. The van der Waals surface area contributed by atoms with Crippen molar-refractivity contribution in [2.45, 2.75) is 89.1 Å². The Kier molecular flexibility index (Phi) is 11.0. The van der Waals surface area contributed by atoms with Crippen LogP contribution in [0.25, 0.3) is 10.9 Å². The molecule has 4 amide bonds. The van der Waals surface area contributed by atoms with Crippen molar-refractivity contribution in [1.82, 2.24) is 34.6 Å². The smallest absolute Gasteiger partial charge is 0.228 e. The van der Waals surface area contributed by atoms with Gasteiger partial charge in [-0.1, -0.05) is 37.8 Å². The number of piperidine rings is 1. The lowest BCUT2D eigenvalue weighted by molar-refractivity contribution is -0.169. The van der Waals surface area contributed by atoms with Gasteiger partial charge in [-0.3, -0.25) is 19.2 Å². The Hall–Kier alpha value is -4.19. The van der Waals surface area contributed by atoms with Crippen molar-refractivity contribution in [3.8, 4) is 0 Å². The molecule has 3 aromatic rings. The molecule has 52 heavy (non-hydrogen) atoms. The van der Waals surface area contributed by atoms with Gasteiger partial charge in [-0.15, -0.1) is 0 Å². The van der Waals surface area contributed by atoms with Gasteiger partial charge in [0.25, 0.3) is 0 Å². The molecule has 2 saturated heterocycles. The maximum atomic E-state index is 14.9. The highest BCUT2D eigenvalue weighted by atomic mass is 16.5. The first kappa shape index (κ1) is 36.2. The third-order valence-corrected chi connectivity index (χ3v) is 12.2. The van der Waals surface area contributed by atoms with E-state index < -0.39 is 17.4 Å². The second-order valence-electron chi connectivity index (χ2n) is 15.6. The molecule has 12 heteroatoms. The van der Waals surface area contributed by atoms with Crippen molar-refractivity contribution in [3.63, 3.8) is 0 Å². The van der Waals surface area contributed by atoms with Gasteiger partial charge >= 0.3 is 0 Å². The minimum absolute atomic E-state index is 0.0155. The number of amides is 4. The van der Waals surface area contributed by atoms with E-state index >= 15 is 0 Å². The Morgan fingerprint density at radius 3 is 2.67 bits per heavy atom. The fraction of sp³-hybridized carbons (Fsp3) is 0.625. The molecule has 3 aliphatic heterocycles. The van der Waals surface area contributed by atoms with E-state index in [4.69, 9.17) is 4.74 Å². The Morgan fingerprint density at radius 2 is 1.92 bits per heavy atom. The summed E-state index contributed by atoms with van der Waals surface area (Å²) in [6, 6.07) is 6.42. The number of morpholine rings is 1. The topological polar surface area (TPSA) is 133 Å². The first-order valence-electron chi connectivity index (χ1n) is 19.5. The third kappa shape index (κ3) is 7.36. The summed E-state index contributed by atoms with van der Waals surface area (Å²) in [5, 5.41) is 4.17. The number of benzene rings is 1. The zero-order valence-electron chi connectivity index (χ0n) is 30.9. The van der Waals surface area contributed by atoms with E-state index in [1.807, 2.05) is 20.6 Å². The first-order chi connectivity index (χ1) is 25.2. The number of aromatic nitrogens is 3. The van der Waals surface area contributed by atoms with Crippen LogP contribution in [-0.2, 0) is 48.8 Å². The zero-order chi connectivity index (χ0) is 36.2. The minimum Gasteiger partial charge on any atom is -0.378 e. The summed E-state index contributed by atoms with van der Waals surface area (Å²) in [7, 11) is 3.56. The number of hydrogen-bond donors (Lipinski definition) is 2. The van der Waals surface area contributed by atoms with Gasteiger partial charge in [-0.05, 0) is 61.6 Å². The number of rotatable bonds is 13. The summed E-state index contributed by atoms with van der Waals surface area (Å²) in [5.41, 5.74) is 3.42. The molecule has 3 fully saturated rings. The molecule has 1 aromatic carbocycles. The van der Waals surface area contributed by atoms with Gasteiger partial charge in [0, 0.05) is 94.6 Å². The highest BCUT2D eigenvalue weighted by Gasteiger charge is 2.59. The number of H-pyrrole nitrogens is 1. The molecule has 1 aliphatic carbocycles. The number of carbonyl (C=O) groups is 4. The zero-order valence-corrected chi connectivity index (χ0v) is 30.9. The molecule has 3 atom stereocenters. The van der Waals surface area contributed by atoms with Crippen LogP contribution in [0.1, 0.15) is 81.0 Å². The highest BCUT2D eigenvalue weighted by Crippen LogP contribution is 2.54. The minimum atomic E-state index is -0.833. The molecule has 0 unspecified atom stereocenters. The van der Waals surface area contributed by atoms with Gasteiger partial charge in [-0.25, -0.2) is 4.98 Å². The van der Waals surface area contributed by atoms with Crippen LogP contribution in [0, 0.1) is 17.8 Å². The van der Waals surface area contributed by atoms with Crippen molar-refractivity contribution in [2.24, 2.45) is 17.8 Å². The number of carbonyl (C=O) groups excluding carboxylic acids is 4. The predicted molar refractivity (Wildman–Crippen MR) is 197 cm³/mol. The molecular weight excluding hydrogens is 658 g/mol. The molecule has 12 nitrogen and oxygen atoms in total. The van der Waals surface area contributed by atoms with Crippen LogP contribution in [0.15, 0.2) is 36.9 Å². The quantitative estimate of drug-likeness (QED) is 0.257. The van der Waals surface area contributed by atoms with Gasteiger partial charge in [0.05, 0.1) is 31.0 Å². The molecule has 1 saturated carbocycles. The molecule has 0 radical (unpaired) electrons. The van der Waals surface area contributed by atoms with E-state index in [-0.39, 0.29) is 30.0 Å². The van der Waals surface area contributed by atoms with Crippen LogP contribution in [0.2, 0.25) is 0 Å². The van der Waals surface area contributed by atoms with Crippen molar-refractivity contribution in [1.29, 1.82) is 0 Å². The lowest BCUT2D eigenvalue weighted by Crippen LogP contribution is -2.66. The van der Waals surface area contributed by atoms with Crippen LogP contribution in [0.3, 0.4) is 0 Å². The number of nitrogens with one attached hydrogen (secondary N) is 2. The normalized spacial score (nSPS) is 23.5. The van der Waals surface area contributed by atoms with Gasteiger partial charge in [-0.2, -0.15) is 0 Å². The van der Waals surface area contributed by atoms with E-state index in [2.05, 4.69) is 33.5 Å². The summed E-state index contributed by atoms with van der Waals surface area (Å²) in [4.78, 5) is 68.9. The fourth-order valence-corrected chi connectivity index (χ4v) is 9.43. The van der Waals surface area contributed by atoms with Gasteiger partial charge < -0.3 is 34.3 Å².